The van der Waals surface area contributed by atoms with Crippen LogP contribution in [-0.4, -0.2) is 49.5 Å². The van der Waals surface area contributed by atoms with Gasteiger partial charge < -0.3 is 24.6 Å². The summed E-state index contributed by atoms with van der Waals surface area (Å²) in [7, 11) is 2.79. The average molecular weight is 233 g/mol. The molecule has 0 bridgehead atoms. The lowest BCUT2D eigenvalue weighted by atomic mass is 9.86. The quantitative estimate of drug-likeness (QED) is 0.714. The van der Waals surface area contributed by atoms with Crippen molar-refractivity contribution < 1.29 is 24.1 Å². The van der Waals surface area contributed by atoms with Crippen molar-refractivity contribution in [1.82, 2.24) is 5.32 Å². The van der Waals surface area contributed by atoms with Gasteiger partial charge in [-0.2, -0.15) is 0 Å². The summed E-state index contributed by atoms with van der Waals surface area (Å²) in [5, 5.41) is 12.8. The van der Waals surface area contributed by atoms with Crippen LogP contribution in [-0.2, 0) is 14.2 Å². The van der Waals surface area contributed by atoms with E-state index in [2.05, 4.69) is 10.1 Å². The number of methoxy groups -OCH3 is 2. The summed E-state index contributed by atoms with van der Waals surface area (Å²) < 4.78 is 15.0. The largest absolute Gasteiger partial charge is 0.453 e. The first-order chi connectivity index (χ1) is 7.40. The minimum Gasteiger partial charge on any atom is -0.453 e. The normalized spacial score (nSPS) is 39.2. The third-order valence-electron chi connectivity index (χ3n) is 2.81. The molecular formula is C10H19NO5. The lowest BCUT2D eigenvalue weighted by Crippen LogP contribution is -2.62. The van der Waals surface area contributed by atoms with Gasteiger partial charge in [-0.15, -0.1) is 0 Å². The van der Waals surface area contributed by atoms with E-state index < -0.39 is 24.0 Å². The average Bonchev–Trinajstić information content (AvgIpc) is 2.22. The zero-order valence-electron chi connectivity index (χ0n) is 10.0. The van der Waals surface area contributed by atoms with Gasteiger partial charge in [0.15, 0.2) is 6.29 Å². The second kappa shape index (κ2) is 4.99. The fourth-order valence-electron chi connectivity index (χ4n) is 1.93. The Bertz CT molecular complexity index is 256. The van der Waals surface area contributed by atoms with Gasteiger partial charge in [-0.1, -0.05) is 0 Å². The maximum Gasteiger partial charge on any atom is 0.407 e. The molecule has 0 saturated carbocycles. The summed E-state index contributed by atoms with van der Waals surface area (Å²) in [6.45, 7) is 3.40. The van der Waals surface area contributed by atoms with Crippen LogP contribution in [0.1, 0.15) is 20.3 Å². The van der Waals surface area contributed by atoms with Crippen molar-refractivity contribution >= 4 is 6.09 Å². The number of hydrogen-bond acceptors (Lipinski definition) is 5. The Morgan fingerprint density at radius 3 is 2.62 bits per heavy atom. The molecule has 1 saturated heterocycles. The van der Waals surface area contributed by atoms with Gasteiger partial charge in [0.2, 0.25) is 0 Å². The number of carbonyl (C=O) groups excluding carboxylic acids is 1. The van der Waals surface area contributed by atoms with Crippen LogP contribution in [0.2, 0.25) is 0 Å². The minimum absolute atomic E-state index is 0.294. The number of hydrogen-bond donors (Lipinski definition) is 2. The Balaban J connectivity index is 2.72. The molecule has 0 aliphatic carbocycles. The third kappa shape index (κ3) is 2.84. The maximum atomic E-state index is 11.1. The van der Waals surface area contributed by atoms with Gasteiger partial charge in [-0.3, -0.25) is 0 Å². The Hall–Kier alpha value is -0.850. The molecule has 1 heterocycles. The fourth-order valence-corrected chi connectivity index (χ4v) is 1.93. The van der Waals surface area contributed by atoms with Crippen molar-refractivity contribution in [3.05, 3.63) is 0 Å². The van der Waals surface area contributed by atoms with Crippen LogP contribution in [0.3, 0.4) is 0 Å². The van der Waals surface area contributed by atoms with Gasteiger partial charge in [0.1, 0.15) is 0 Å². The molecule has 1 aliphatic heterocycles. The van der Waals surface area contributed by atoms with Crippen LogP contribution in [0.4, 0.5) is 4.79 Å². The monoisotopic (exact) mass is 233 g/mol. The molecule has 16 heavy (non-hydrogen) atoms. The molecule has 0 unspecified atom stereocenters. The third-order valence-corrected chi connectivity index (χ3v) is 2.81. The highest BCUT2D eigenvalue weighted by Gasteiger charge is 2.45. The number of ether oxygens (including phenoxy) is 3. The number of alkyl carbamates (subject to hydrolysis) is 1. The molecule has 1 amide bonds. The van der Waals surface area contributed by atoms with Gasteiger partial charge in [-0.25, -0.2) is 4.79 Å². The molecule has 0 aromatic heterocycles. The number of amides is 1. The molecule has 2 N–H and O–H groups in total. The number of carbonyl (C=O) groups is 1. The molecule has 0 spiro atoms. The van der Waals surface area contributed by atoms with Crippen LogP contribution >= 0.6 is 0 Å². The van der Waals surface area contributed by atoms with E-state index in [1.54, 1.807) is 13.8 Å². The van der Waals surface area contributed by atoms with E-state index >= 15 is 0 Å². The second-order valence-electron chi connectivity index (χ2n) is 4.18. The SMILES string of the molecule is COC(=O)N[C@@H]1[C@H](C)O[C@H](OC)C[C@@]1(C)O. The Morgan fingerprint density at radius 2 is 2.19 bits per heavy atom. The van der Waals surface area contributed by atoms with Gasteiger partial charge in [-0.05, 0) is 13.8 Å². The predicted molar refractivity (Wildman–Crippen MR) is 55.9 cm³/mol. The summed E-state index contributed by atoms with van der Waals surface area (Å²) in [4.78, 5) is 11.1. The van der Waals surface area contributed by atoms with E-state index in [0.29, 0.717) is 6.42 Å². The number of aliphatic hydroxyl groups is 1. The van der Waals surface area contributed by atoms with Gasteiger partial charge in [0.05, 0.1) is 24.9 Å². The summed E-state index contributed by atoms with van der Waals surface area (Å²) in [5.41, 5.74) is -1.09. The van der Waals surface area contributed by atoms with Crippen molar-refractivity contribution in [3.8, 4) is 0 Å². The molecule has 1 aliphatic rings. The van der Waals surface area contributed by atoms with E-state index in [1.165, 1.54) is 14.2 Å². The lowest BCUT2D eigenvalue weighted by Gasteiger charge is -2.44. The molecule has 6 heteroatoms. The van der Waals surface area contributed by atoms with Gasteiger partial charge in [0.25, 0.3) is 0 Å². The van der Waals surface area contributed by atoms with Crippen molar-refractivity contribution in [2.45, 2.75) is 44.3 Å². The van der Waals surface area contributed by atoms with Crippen LogP contribution < -0.4 is 5.32 Å². The number of rotatable bonds is 2. The maximum absolute atomic E-state index is 11.1. The van der Waals surface area contributed by atoms with E-state index in [-0.39, 0.29) is 6.10 Å². The Labute approximate surface area is 94.9 Å². The Morgan fingerprint density at radius 1 is 1.56 bits per heavy atom. The molecule has 4 atom stereocenters. The molecule has 0 radical (unpaired) electrons. The highest BCUT2D eigenvalue weighted by atomic mass is 16.7. The molecule has 0 aromatic rings. The smallest absolute Gasteiger partial charge is 0.407 e. The van der Waals surface area contributed by atoms with Crippen molar-refractivity contribution in [1.29, 1.82) is 0 Å². The first kappa shape index (κ1) is 13.2. The highest BCUT2D eigenvalue weighted by molar-refractivity contribution is 5.67. The van der Waals surface area contributed by atoms with Crippen molar-refractivity contribution in [2.75, 3.05) is 14.2 Å². The summed E-state index contributed by atoms with van der Waals surface area (Å²) >= 11 is 0. The Kier molecular flexibility index (Phi) is 4.12. The van der Waals surface area contributed by atoms with Crippen LogP contribution in [0.15, 0.2) is 0 Å². The first-order valence-corrected chi connectivity index (χ1v) is 5.16. The number of nitrogens with one attached hydrogen (secondary N) is 1. The van der Waals surface area contributed by atoms with E-state index in [9.17, 15) is 9.90 Å². The lowest BCUT2D eigenvalue weighted by molar-refractivity contribution is -0.233. The van der Waals surface area contributed by atoms with E-state index in [4.69, 9.17) is 9.47 Å². The minimum atomic E-state index is -1.09. The van der Waals surface area contributed by atoms with Crippen molar-refractivity contribution in [2.24, 2.45) is 0 Å². The second-order valence-corrected chi connectivity index (χ2v) is 4.18. The zero-order chi connectivity index (χ0) is 12.3. The molecule has 1 fully saturated rings. The van der Waals surface area contributed by atoms with E-state index in [1.807, 2.05) is 0 Å². The van der Waals surface area contributed by atoms with Crippen LogP contribution in [0.25, 0.3) is 0 Å². The first-order valence-electron chi connectivity index (χ1n) is 5.16. The van der Waals surface area contributed by atoms with Crippen LogP contribution in [0, 0.1) is 0 Å². The predicted octanol–water partition coefficient (Wildman–Crippen LogP) is 0.243. The topological polar surface area (TPSA) is 77.0 Å². The van der Waals surface area contributed by atoms with Crippen LogP contribution in [0.5, 0.6) is 0 Å². The summed E-state index contributed by atoms with van der Waals surface area (Å²) in [5.74, 6) is 0. The standard InChI is InChI=1S/C10H19NO5/c1-6-8(11-9(12)15-4)10(2,13)5-7(14-3)16-6/h6-8,13H,5H2,1-4H3,(H,11,12)/t6-,7-,8+,10+/m0/s1. The molecule has 94 valence electrons. The highest BCUT2D eigenvalue weighted by Crippen LogP contribution is 2.29. The van der Waals surface area contributed by atoms with E-state index in [0.717, 1.165) is 0 Å². The molecule has 0 aromatic carbocycles. The van der Waals surface area contributed by atoms with Gasteiger partial charge >= 0.3 is 6.09 Å². The summed E-state index contributed by atoms with van der Waals surface area (Å²) in [6, 6.07) is -0.522. The summed E-state index contributed by atoms with van der Waals surface area (Å²) in [6.07, 6.45) is -1.10. The molecular weight excluding hydrogens is 214 g/mol. The van der Waals surface area contributed by atoms with Crippen molar-refractivity contribution in [3.63, 3.8) is 0 Å². The van der Waals surface area contributed by atoms with Gasteiger partial charge in [0, 0.05) is 13.5 Å². The fraction of sp³-hybridized carbons (Fsp3) is 0.900. The molecule has 6 nitrogen and oxygen atoms in total. The zero-order valence-corrected chi connectivity index (χ0v) is 10.0. The molecule has 1 rings (SSSR count).